The molecule has 1 saturated carbocycles. The molecule has 106 valence electrons. The van der Waals surface area contributed by atoms with E-state index in [4.69, 9.17) is 4.74 Å². The third-order valence-corrected chi connectivity index (χ3v) is 3.89. The van der Waals surface area contributed by atoms with Crippen LogP contribution in [0.4, 0.5) is 0 Å². The third kappa shape index (κ3) is 3.71. The number of nitrogens with zero attached hydrogens (tertiary/aromatic N) is 1. The second-order valence-corrected chi connectivity index (χ2v) is 5.86. The van der Waals surface area contributed by atoms with Crippen molar-refractivity contribution in [2.24, 2.45) is 5.41 Å². The zero-order valence-corrected chi connectivity index (χ0v) is 12.3. The minimum absolute atomic E-state index is 0.190. The van der Waals surface area contributed by atoms with Crippen molar-refractivity contribution in [3.8, 4) is 5.75 Å². The average Bonchev–Trinajstić information content (AvgIpc) is 3.13. The predicted molar refractivity (Wildman–Crippen MR) is 77.4 cm³/mol. The third-order valence-electron chi connectivity index (χ3n) is 3.89. The van der Waals surface area contributed by atoms with E-state index in [1.54, 1.807) is 0 Å². The van der Waals surface area contributed by atoms with Gasteiger partial charge >= 0.3 is 0 Å². The summed E-state index contributed by atoms with van der Waals surface area (Å²) in [5.74, 6) is 0.975. The normalized spacial score (nSPS) is 16.7. The van der Waals surface area contributed by atoms with Crippen LogP contribution in [0.15, 0.2) is 18.2 Å². The highest BCUT2D eigenvalue weighted by Crippen LogP contribution is 2.45. The van der Waals surface area contributed by atoms with Crippen molar-refractivity contribution in [1.29, 1.82) is 0 Å². The van der Waals surface area contributed by atoms with Gasteiger partial charge in [-0.2, -0.15) is 0 Å². The fourth-order valence-corrected chi connectivity index (χ4v) is 2.61. The maximum atomic E-state index is 9.37. The van der Waals surface area contributed by atoms with Crippen LogP contribution in [0.5, 0.6) is 5.75 Å². The average molecular weight is 263 g/mol. The molecule has 19 heavy (non-hydrogen) atoms. The molecule has 3 nitrogen and oxygen atoms in total. The predicted octanol–water partition coefficient (Wildman–Crippen LogP) is 2.60. The van der Waals surface area contributed by atoms with Crippen LogP contribution in [0, 0.1) is 12.3 Å². The lowest BCUT2D eigenvalue weighted by Gasteiger charge is -2.22. The molecule has 0 amide bonds. The molecule has 0 unspecified atom stereocenters. The molecule has 0 aliphatic heterocycles. The van der Waals surface area contributed by atoms with Crippen molar-refractivity contribution in [1.82, 2.24) is 4.90 Å². The first-order chi connectivity index (χ1) is 9.08. The zero-order valence-electron chi connectivity index (χ0n) is 12.3. The van der Waals surface area contributed by atoms with Crippen LogP contribution in [0.3, 0.4) is 0 Å². The van der Waals surface area contributed by atoms with Crippen molar-refractivity contribution in [3.05, 3.63) is 29.3 Å². The summed E-state index contributed by atoms with van der Waals surface area (Å²) in [5, 5.41) is 9.37. The van der Waals surface area contributed by atoms with Crippen molar-refractivity contribution < 1.29 is 9.84 Å². The Labute approximate surface area is 116 Å². The summed E-state index contributed by atoms with van der Waals surface area (Å²) in [6, 6.07) is 6.38. The van der Waals surface area contributed by atoms with Crippen molar-refractivity contribution in [2.75, 3.05) is 26.8 Å². The fraction of sp³-hybridized carbons (Fsp3) is 0.625. The second-order valence-electron chi connectivity index (χ2n) is 5.86. The Balaban J connectivity index is 1.93. The summed E-state index contributed by atoms with van der Waals surface area (Å²) >= 11 is 0. The Kier molecular flexibility index (Phi) is 4.48. The van der Waals surface area contributed by atoms with E-state index in [1.165, 1.54) is 11.1 Å². The van der Waals surface area contributed by atoms with E-state index < -0.39 is 0 Å². The van der Waals surface area contributed by atoms with Gasteiger partial charge in [0.15, 0.2) is 0 Å². The fourth-order valence-electron chi connectivity index (χ4n) is 2.61. The molecule has 2 rings (SSSR count). The maximum absolute atomic E-state index is 9.37. The standard InChI is InChI=1S/C16H25NO2/c1-4-19-15-6-5-14(9-13(15)2)10-17(3)11-16(12-18)7-8-16/h5-6,9,18H,4,7-8,10-12H2,1-3H3. The number of hydrogen-bond acceptors (Lipinski definition) is 3. The van der Waals surface area contributed by atoms with E-state index in [2.05, 4.69) is 37.1 Å². The molecule has 0 atom stereocenters. The van der Waals surface area contributed by atoms with Crippen LogP contribution in [0.2, 0.25) is 0 Å². The minimum atomic E-state index is 0.190. The van der Waals surface area contributed by atoms with Gasteiger partial charge in [0.2, 0.25) is 0 Å². The number of aliphatic hydroxyl groups is 1. The Bertz CT molecular complexity index is 427. The van der Waals surface area contributed by atoms with Gasteiger partial charge in [0.25, 0.3) is 0 Å². The molecule has 1 aromatic carbocycles. The lowest BCUT2D eigenvalue weighted by Crippen LogP contribution is -2.28. The first kappa shape index (κ1) is 14.4. The van der Waals surface area contributed by atoms with Gasteiger partial charge in [-0.05, 0) is 50.9 Å². The maximum Gasteiger partial charge on any atom is 0.122 e. The Hall–Kier alpha value is -1.06. The van der Waals surface area contributed by atoms with Gasteiger partial charge < -0.3 is 14.7 Å². The van der Waals surface area contributed by atoms with Crippen LogP contribution in [0.1, 0.15) is 30.9 Å². The van der Waals surface area contributed by atoms with Crippen LogP contribution < -0.4 is 4.74 Å². The number of hydrogen-bond donors (Lipinski definition) is 1. The molecule has 0 saturated heterocycles. The van der Waals surface area contributed by atoms with Gasteiger partial charge in [-0.25, -0.2) is 0 Å². The number of benzene rings is 1. The van der Waals surface area contributed by atoms with Crippen molar-refractivity contribution in [2.45, 2.75) is 33.2 Å². The van der Waals surface area contributed by atoms with Gasteiger partial charge in [-0.3, -0.25) is 0 Å². The van der Waals surface area contributed by atoms with Gasteiger partial charge in [-0.1, -0.05) is 12.1 Å². The monoisotopic (exact) mass is 263 g/mol. The lowest BCUT2D eigenvalue weighted by atomic mass is 10.1. The summed E-state index contributed by atoms with van der Waals surface area (Å²) in [4.78, 5) is 2.30. The summed E-state index contributed by atoms with van der Waals surface area (Å²) in [6.45, 7) is 7.03. The molecule has 1 aromatic rings. The molecule has 0 aromatic heterocycles. The highest BCUT2D eigenvalue weighted by atomic mass is 16.5. The molecular weight excluding hydrogens is 238 g/mol. The van der Waals surface area contributed by atoms with E-state index in [0.29, 0.717) is 13.2 Å². The van der Waals surface area contributed by atoms with Crippen molar-refractivity contribution in [3.63, 3.8) is 0 Å². The first-order valence-electron chi connectivity index (χ1n) is 7.10. The SMILES string of the molecule is CCOc1ccc(CN(C)CC2(CO)CC2)cc1C. The second kappa shape index (κ2) is 5.93. The largest absolute Gasteiger partial charge is 0.494 e. The van der Waals surface area contributed by atoms with Crippen LogP contribution in [0.25, 0.3) is 0 Å². The van der Waals surface area contributed by atoms with E-state index >= 15 is 0 Å². The molecule has 1 fully saturated rings. The molecule has 1 aliphatic rings. The summed E-state index contributed by atoms with van der Waals surface area (Å²) in [6.07, 6.45) is 2.33. The molecule has 3 heteroatoms. The Morgan fingerprint density at radius 1 is 1.37 bits per heavy atom. The molecule has 0 heterocycles. The molecular formula is C16H25NO2. The zero-order chi connectivity index (χ0) is 13.9. The van der Waals surface area contributed by atoms with Gasteiger partial charge in [0, 0.05) is 25.1 Å². The minimum Gasteiger partial charge on any atom is -0.494 e. The smallest absolute Gasteiger partial charge is 0.122 e. The summed E-state index contributed by atoms with van der Waals surface area (Å²) in [7, 11) is 2.13. The first-order valence-corrected chi connectivity index (χ1v) is 7.10. The number of ether oxygens (including phenoxy) is 1. The van der Waals surface area contributed by atoms with Gasteiger partial charge in [-0.15, -0.1) is 0 Å². The topological polar surface area (TPSA) is 32.7 Å². The summed E-state index contributed by atoms with van der Waals surface area (Å²) in [5.41, 5.74) is 2.68. The van der Waals surface area contributed by atoms with Crippen LogP contribution >= 0.6 is 0 Å². The Morgan fingerprint density at radius 3 is 2.63 bits per heavy atom. The molecule has 0 spiro atoms. The number of aliphatic hydroxyl groups excluding tert-OH is 1. The molecule has 0 radical (unpaired) electrons. The van der Waals surface area contributed by atoms with E-state index in [-0.39, 0.29) is 5.41 Å². The quantitative estimate of drug-likeness (QED) is 0.821. The highest BCUT2D eigenvalue weighted by molar-refractivity contribution is 5.36. The van der Waals surface area contributed by atoms with Crippen LogP contribution in [-0.2, 0) is 6.54 Å². The number of aryl methyl sites for hydroxylation is 1. The summed E-state index contributed by atoms with van der Waals surface area (Å²) < 4.78 is 5.56. The number of rotatable bonds is 7. The molecule has 1 aliphatic carbocycles. The van der Waals surface area contributed by atoms with E-state index in [1.807, 2.05) is 6.92 Å². The Morgan fingerprint density at radius 2 is 2.11 bits per heavy atom. The van der Waals surface area contributed by atoms with Gasteiger partial charge in [0.05, 0.1) is 6.61 Å². The van der Waals surface area contributed by atoms with Crippen molar-refractivity contribution >= 4 is 0 Å². The van der Waals surface area contributed by atoms with E-state index in [0.717, 1.165) is 31.7 Å². The molecule has 1 N–H and O–H groups in total. The van der Waals surface area contributed by atoms with Crippen LogP contribution in [-0.4, -0.2) is 36.8 Å². The highest BCUT2D eigenvalue weighted by Gasteiger charge is 2.42. The molecule has 0 bridgehead atoms. The van der Waals surface area contributed by atoms with Gasteiger partial charge in [0.1, 0.15) is 5.75 Å². The lowest BCUT2D eigenvalue weighted by molar-refractivity contribution is 0.161. The van der Waals surface area contributed by atoms with E-state index in [9.17, 15) is 5.11 Å².